The molecule has 2 amide bonds. The number of aliphatic imine (C=N–C) groups is 1. The molecule has 1 unspecified atom stereocenters. The van der Waals surface area contributed by atoms with E-state index in [9.17, 15) is 19.6 Å². The Morgan fingerprint density at radius 1 is 1.07 bits per heavy atom. The van der Waals surface area contributed by atoms with Gasteiger partial charge in [0.2, 0.25) is 11.8 Å². The van der Waals surface area contributed by atoms with Gasteiger partial charge in [-0.05, 0) is 63.3 Å². The van der Waals surface area contributed by atoms with Crippen molar-refractivity contribution in [1.82, 2.24) is 9.80 Å². The average Bonchev–Trinajstić information content (AvgIpc) is 3.60. The first-order chi connectivity index (χ1) is 19.4. The van der Waals surface area contributed by atoms with Crippen LogP contribution < -0.4 is 5.32 Å². The standard InChI is InChI=1S/C31H33N5O4/c1-21-17-23-18-24(12-13-27(23)40-21)33-30(25(19-32)29(38)22-9-3-2-4-10-22)34-26-11-5-6-16-36(31(26)39)20-28(37)35-14-7-8-15-35/h2-4,9-10,12-13,17-18,25-26H,5-8,11,14-16,20H2,1H3,(H,33,34)/t25?,26-/m0/s1. The Morgan fingerprint density at radius 3 is 2.58 bits per heavy atom. The summed E-state index contributed by atoms with van der Waals surface area (Å²) in [5.41, 5.74) is 1.72. The fourth-order valence-electron chi connectivity index (χ4n) is 5.35. The zero-order valence-electron chi connectivity index (χ0n) is 22.6. The van der Waals surface area contributed by atoms with Crippen LogP contribution in [0.2, 0.25) is 0 Å². The number of furan rings is 1. The Labute approximate surface area is 233 Å². The molecule has 1 aromatic heterocycles. The molecule has 5 rings (SSSR count). The van der Waals surface area contributed by atoms with Crippen molar-refractivity contribution in [3.63, 3.8) is 0 Å². The molecule has 9 nitrogen and oxygen atoms in total. The second kappa shape index (κ2) is 12.2. The Morgan fingerprint density at radius 2 is 1.82 bits per heavy atom. The van der Waals surface area contributed by atoms with E-state index in [1.165, 1.54) is 0 Å². The SMILES string of the molecule is Cc1cc2cc(NC(=N[C@H]3CCCCN(CC(=O)N4CCCC4)C3=O)C(C#N)C(=O)c3ccccc3)ccc2o1. The quantitative estimate of drug-likeness (QED) is 0.267. The van der Waals surface area contributed by atoms with Crippen LogP contribution in [0.5, 0.6) is 0 Å². The highest BCUT2D eigenvalue weighted by Gasteiger charge is 2.33. The highest BCUT2D eigenvalue weighted by Crippen LogP contribution is 2.25. The molecule has 1 N–H and O–H groups in total. The number of fused-ring (bicyclic) bond motifs is 1. The fraction of sp³-hybridized carbons (Fsp3) is 0.387. The maximum atomic E-state index is 13.7. The summed E-state index contributed by atoms with van der Waals surface area (Å²) in [6, 6.07) is 17.3. The minimum Gasteiger partial charge on any atom is -0.461 e. The number of hydrogen-bond donors (Lipinski definition) is 1. The molecule has 2 aliphatic rings. The van der Waals surface area contributed by atoms with Crippen LogP contribution in [0.4, 0.5) is 5.69 Å². The molecule has 2 atom stereocenters. The van der Waals surface area contributed by atoms with Gasteiger partial charge in [-0.15, -0.1) is 0 Å². The summed E-state index contributed by atoms with van der Waals surface area (Å²) in [5.74, 6) is -1.08. The number of benzene rings is 2. The molecule has 0 radical (unpaired) electrons. The van der Waals surface area contributed by atoms with Crippen LogP contribution in [0.15, 0.2) is 64.0 Å². The summed E-state index contributed by atoms with van der Waals surface area (Å²) in [5, 5.41) is 14.2. The van der Waals surface area contributed by atoms with Crippen LogP contribution in [-0.4, -0.2) is 65.5 Å². The molecule has 3 heterocycles. The summed E-state index contributed by atoms with van der Waals surface area (Å²) in [4.78, 5) is 48.1. The van der Waals surface area contributed by atoms with Gasteiger partial charge in [0.1, 0.15) is 23.2 Å². The van der Waals surface area contributed by atoms with Gasteiger partial charge in [0, 0.05) is 36.3 Å². The third kappa shape index (κ3) is 6.07. The van der Waals surface area contributed by atoms with Gasteiger partial charge in [-0.3, -0.25) is 19.4 Å². The first-order valence-corrected chi connectivity index (χ1v) is 13.8. The summed E-state index contributed by atoms with van der Waals surface area (Å²) < 4.78 is 5.68. The predicted molar refractivity (Wildman–Crippen MR) is 152 cm³/mol. The van der Waals surface area contributed by atoms with Crippen molar-refractivity contribution < 1.29 is 18.8 Å². The second-order valence-electron chi connectivity index (χ2n) is 10.4. The van der Waals surface area contributed by atoms with E-state index in [1.807, 2.05) is 25.1 Å². The summed E-state index contributed by atoms with van der Waals surface area (Å²) >= 11 is 0. The minimum atomic E-state index is -1.25. The number of hydrogen-bond acceptors (Lipinski definition) is 6. The van der Waals surface area contributed by atoms with E-state index in [4.69, 9.17) is 9.41 Å². The number of ketones is 1. The third-order valence-corrected chi connectivity index (χ3v) is 7.47. The molecule has 2 aromatic carbocycles. The summed E-state index contributed by atoms with van der Waals surface area (Å²) in [7, 11) is 0. The van der Waals surface area contributed by atoms with Gasteiger partial charge in [0.15, 0.2) is 11.7 Å². The third-order valence-electron chi connectivity index (χ3n) is 7.47. The van der Waals surface area contributed by atoms with E-state index in [0.717, 1.165) is 55.5 Å². The molecule has 0 bridgehead atoms. The normalized spacial score (nSPS) is 18.9. The van der Waals surface area contributed by atoms with Crippen LogP contribution in [0.3, 0.4) is 0 Å². The van der Waals surface area contributed by atoms with Crippen molar-refractivity contribution in [1.29, 1.82) is 5.26 Å². The topological polar surface area (TPSA) is 119 Å². The molecule has 206 valence electrons. The molecule has 0 aliphatic carbocycles. The highest BCUT2D eigenvalue weighted by atomic mass is 16.3. The molecule has 0 saturated carbocycles. The van der Waals surface area contributed by atoms with Gasteiger partial charge in [0.25, 0.3) is 0 Å². The van der Waals surface area contributed by atoms with Crippen molar-refractivity contribution in [3.8, 4) is 6.07 Å². The monoisotopic (exact) mass is 539 g/mol. The molecule has 40 heavy (non-hydrogen) atoms. The number of anilines is 1. The number of Topliss-reactive ketones (excluding diaryl/α,β-unsaturated/α-hetero) is 1. The number of aryl methyl sites for hydroxylation is 1. The summed E-state index contributed by atoms with van der Waals surface area (Å²) in [6.07, 6.45) is 3.93. The van der Waals surface area contributed by atoms with Crippen molar-refractivity contribution in [2.24, 2.45) is 10.9 Å². The number of amidine groups is 1. The molecule has 2 fully saturated rings. The van der Waals surface area contributed by atoms with E-state index in [-0.39, 0.29) is 24.2 Å². The second-order valence-corrected chi connectivity index (χ2v) is 10.4. The first-order valence-electron chi connectivity index (χ1n) is 13.8. The Bertz CT molecular complexity index is 1470. The Balaban J connectivity index is 1.46. The summed E-state index contributed by atoms with van der Waals surface area (Å²) in [6.45, 7) is 3.82. The van der Waals surface area contributed by atoms with E-state index < -0.39 is 17.7 Å². The molecular formula is C31H33N5O4. The molecule has 0 spiro atoms. The Kier molecular flexibility index (Phi) is 8.25. The van der Waals surface area contributed by atoms with E-state index in [1.54, 1.807) is 46.2 Å². The molecule has 2 saturated heterocycles. The lowest BCUT2D eigenvalue weighted by atomic mass is 9.97. The maximum absolute atomic E-state index is 13.7. The molecule has 3 aromatic rings. The van der Waals surface area contributed by atoms with Crippen LogP contribution >= 0.6 is 0 Å². The van der Waals surface area contributed by atoms with Crippen LogP contribution in [0.25, 0.3) is 11.0 Å². The number of rotatable bonds is 7. The van der Waals surface area contributed by atoms with Crippen LogP contribution in [0, 0.1) is 24.2 Å². The number of likely N-dealkylation sites (tertiary alicyclic amines) is 2. The number of amides is 2. The zero-order valence-corrected chi connectivity index (χ0v) is 22.6. The van der Waals surface area contributed by atoms with Crippen LogP contribution in [-0.2, 0) is 9.59 Å². The van der Waals surface area contributed by atoms with Gasteiger partial charge in [-0.1, -0.05) is 30.3 Å². The number of nitrogens with zero attached hydrogens (tertiary/aromatic N) is 4. The first kappa shape index (κ1) is 27.1. The van der Waals surface area contributed by atoms with Crippen molar-refractivity contribution in [3.05, 3.63) is 65.9 Å². The number of nitrogens with one attached hydrogen (secondary N) is 1. The van der Waals surface area contributed by atoms with E-state index in [2.05, 4.69) is 11.4 Å². The average molecular weight is 540 g/mol. The maximum Gasteiger partial charge on any atom is 0.247 e. The fourth-order valence-corrected chi connectivity index (χ4v) is 5.35. The lowest BCUT2D eigenvalue weighted by Crippen LogP contribution is -2.45. The largest absolute Gasteiger partial charge is 0.461 e. The van der Waals surface area contributed by atoms with E-state index in [0.29, 0.717) is 24.2 Å². The molecule has 9 heteroatoms. The van der Waals surface area contributed by atoms with E-state index >= 15 is 0 Å². The van der Waals surface area contributed by atoms with Gasteiger partial charge in [-0.25, -0.2) is 0 Å². The predicted octanol–water partition coefficient (Wildman–Crippen LogP) is 4.58. The zero-order chi connectivity index (χ0) is 28.1. The smallest absolute Gasteiger partial charge is 0.247 e. The minimum absolute atomic E-state index is 0.0226. The van der Waals surface area contributed by atoms with Gasteiger partial charge < -0.3 is 19.5 Å². The number of carbonyl (C=O) groups is 3. The van der Waals surface area contributed by atoms with Crippen molar-refractivity contribution in [2.45, 2.75) is 45.1 Å². The van der Waals surface area contributed by atoms with Crippen LogP contribution in [0.1, 0.15) is 48.2 Å². The molecular weight excluding hydrogens is 506 g/mol. The van der Waals surface area contributed by atoms with Gasteiger partial charge in [-0.2, -0.15) is 5.26 Å². The number of nitriles is 1. The molecule has 2 aliphatic heterocycles. The lowest BCUT2D eigenvalue weighted by molar-refractivity contribution is -0.140. The Hall–Kier alpha value is -4.45. The lowest BCUT2D eigenvalue weighted by Gasteiger charge is -2.25. The highest BCUT2D eigenvalue weighted by molar-refractivity contribution is 6.18. The van der Waals surface area contributed by atoms with Crippen molar-refractivity contribution in [2.75, 3.05) is 31.5 Å². The number of carbonyl (C=O) groups excluding carboxylic acids is 3. The van der Waals surface area contributed by atoms with Gasteiger partial charge >= 0.3 is 0 Å². The van der Waals surface area contributed by atoms with Crippen molar-refractivity contribution >= 4 is 40.1 Å². The van der Waals surface area contributed by atoms with Gasteiger partial charge in [0.05, 0.1) is 12.6 Å².